The number of rotatable bonds is 25. The van der Waals surface area contributed by atoms with Crippen LogP contribution in [-0.4, -0.2) is 62.5 Å². The van der Waals surface area contributed by atoms with E-state index in [1.807, 2.05) is 20.8 Å². The van der Waals surface area contributed by atoms with Crippen LogP contribution in [0.25, 0.3) is 0 Å². The summed E-state index contributed by atoms with van der Waals surface area (Å²) < 4.78 is 36.5. The highest BCUT2D eigenvalue weighted by Gasteiger charge is 2.41. The zero-order valence-electron chi connectivity index (χ0n) is 23.0. The molecule has 1 atom stereocenters. The summed E-state index contributed by atoms with van der Waals surface area (Å²) in [7, 11) is -3.05. The molecule has 0 radical (unpaired) electrons. The molecular formula is C25H56O6Si2. The average molecular weight is 509 g/mol. The fraction of sp³-hybridized carbons (Fsp3) is 1.00. The summed E-state index contributed by atoms with van der Waals surface area (Å²) in [6, 6.07) is 1.21. The van der Waals surface area contributed by atoms with Crippen molar-refractivity contribution in [2.24, 2.45) is 0 Å². The average Bonchev–Trinajstić information content (AvgIpc) is 2.77. The summed E-state index contributed by atoms with van der Waals surface area (Å²) in [4.78, 5) is 0. The minimum atomic E-state index is -2.48. The summed E-state index contributed by atoms with van der Waals surface area (Å²) in [6.07, 6.45) is 11.8. The zero-order valence-corrected chi connectivity index (χ0v) is 25.5. The van der Waals surface area contributed by atoms with Gasteiger partial charge in [0.05, 0.1) is 0 Å². The molecule has 0 bridgehead atoms. The van der Waals surface area contributed by atoms with E-state index in [1.54, 1.807) is 0 Å². The van der Waals surface area contributed by atoms with Gasteiger partial charge < -0.3 is 27.5 Å². The lowest BCUT2D eigenvalue weighted by Gasteiger charge is -2.32. The SMILES string of the molecule is CCCCCCC(C)O[Si](OCC)(OCC)[SiH2]CCCCCCC(OCC)(OCC)OCC. The molecule has 33 heavy (non-hydrogen) atoms. The standard InChI is InChI=1S/C25H56O6Si2/c1-8-14-15-18-21-24(7)31-33(29-12-5,30-13-6)32-23-20-17-16-19-22-25(26-9-2,27-10-3)28-11-4/h24H,8-23,32H2,1-7H3. The van der Waals surface area contributed by atoms with Crippen molar-refractivity contribution in [1.29, 1.82) is 0 Å². The molecular weight excluding hydrogens is 452 g/mol. The predicted octanol–water partition coefficient (Wildman–Crippen LogP) is 6.17. The summed E-state index contributed by atoms with van der Waals surface area (Å²) in [5.74, 6) is -0.875. The molecule has 6 nitrogen and oxygen atoms in total. The van der Waals surface area contributed by atoms with E-state index in [1.165, 1.54) is 44.6 Å². The van der Waals surface area contributed by atoms with Crippen LogP contribution in [0.3, 0.4) is 0 Å². The molecule has 0 aliphatic rings. The van der Waals surface area contributed by atoms with Crippen molar-refractivity contribution in [1.82, 2.24) is 0 Å². The highest BCUT2D eigenvalue weighted by Crippen LogP contribution is 2.24. The minimum absolute atomic E-state index is 0.225. The Kier molecular flexibility index (Phi) is 21.6. The van der Waals surface area contributed by atoms with E-state index < -0.39 is 23.3 Å². The maximum absolute atomic E-state index is 6.56. The van der Waals surface area contributed by atoms with Gasteiger partial charge in [0.25, 0.3) is 5.97 Å². The van der Waals surface area contributed by atoms with E-state index in [-0.39, 0.29) is 6.10 Å². The Morgan fingerprint density at radius 3 is 1.73 bits per heavy atom. The molecule has 0 amide bonds. The highest BCUT2D eigenvalue weighted by atomic mass is 29.2. The van der Waals surface area contributed by atoms with Gasteiger partial charge in [0.15, 0.2) is 0 Å². The van der Waals surface area contributed by atoms with Gasteiger partial charge in [-0.25, -0.2) is 0 Å². The van der Waals surface area contributed by atoms with Crippen LogP contribution < -0.4 is 0 Å². The Bertz CT molecular complexity index is 405. The summed E-state index contributed by atoms with van der Waals surface area (Å²) in [5.41, 5.74) is 0. The molecule has 1 unspecified atom stereocenters. The van der Waals surface area contributed by atoms with Crippen LogP contribution in [0.15, 0.2) is 0 Å². The first-order valence-electron chi connectivity index (χ1n) is 13.8. The van der Waals surface area contributed by atoms with E-state index >= 15 is 0 Å². The molecule has 0 rings (SSSR count). The fourth-order valence-electron chi connectivity index (χ4n) is 4.19. The predicted molar refractivity (Wildman–Crippen MR) is 142 cm³/mol. The molecule has 0 aliphatic carbocycles. The van der Waals surface area contributed by atoms with Crippen LogP contribution in [0.5, 0.6) is 0 Å². The van der Waals surface area contributed by atoms with Crippen molar-refractivity contribution in [3.05, 3.63) is 0 Å². The van der Waals surface area contributed by atoms with Gasteiger partial charge >= 0.3 is 8.32 Å². The molecule has 0 N–H and O–H groups in total. The maximum Gasteiger partial charge on any atom is 0.462 e. The van der Waals surface area contributed by atoms with Gasteiger partial charge in [-0.05, 0) is 54.4 Å². The number of ether oxygens (including phenoxy) is 3. The third kappa shape index (κ3) is 15.7. The summed E-state index contributed by atoms with van der Waals surface area (Å²) in [5, 5.41) is 0. The van der Waals surface area contributed by atoms with Crippen LogP contribution >= 0.6 is 0 Å². The van der Waals surface area contributed by atoms with Crippen molar-refractivity contribution in [3.63, 3.8) is 0 Å². The highest BCUT2D eigenvalue weighted by molar-refractivity contribution is 7.14. The largest absolute Gasteiger partial charge is 0.462 e. The van der Waals surface area contributed by atoms with Gasteiger partial charge in [-0.2, -0.15) is 0 Å². The van der Waals surface area contributed by atoms with Gasteiger partial charge in [0, 0.05) is 45.6 Å². The Morgan fingerprint density at radius 2 is 1.21 bits per heavy atom. The van der Waals surface area contributed by atoms with Crippen LogP contribution in [0, 0.1) is 0 Å². The fourth-order valence-corrected chi connectivity index (χ4v) is 12.8. The number of hydrogen-bond acceptors (Lipinski definition) is 6. The van der Waals surface area contributed by atoms with E-state index in [4.69, 9.17) is 27.5 Å². The van der Waals surface area contributed by atoms with Crippen molar-refractivity contribution < 1.29 is 27.5 Å². The van der Waals surface area contributed by atoms with Crippen molar-refractivity contribution >= 4 is 17.4 Å². The molecule has 0 heterocycles. The molecule has 8 heteroatoms. The van der Waals surface area contributed by atoms with Gasteiger partial charge in [0.2, 0.25) is 0 Å². The molecule has 0 aromatic carbocycles. The monoisotopic (exact) mass is 508 g/mol. The molecule has 0 aromatic heterocycles. The van der Waals surface area contributed by atoms with Gasteiger partial charge in [-0.3, -0.25) is 0 Å². The van der Waals surface area contributed by atoms with Crippen molar-refractivity contribution in [2.75, 3.05) is 33.0 Å². The molecule has 0 aliphatic heterocycles. The Morgan fingerprint density at radius 1 is 0.667 bits per heavy atom. The first-order chi connectivity index (χ1) is 16.0. The lowest BCUT2D eigenvalue weighted by molar-refractivity contribution is -0.380. The van der Waals surface area contributed by atoms with Crippen molar-refractivity contribution in [2.45, 2.75) is 131 Å². The van der Waals surface area contributed by atoms with E-state index in [0.29, 0.717) is 33.0 Å². The smallest absolute Gasteiger partial charge is 0.377 e. The second-order valence-electron chi connectivity index (χ2n) is 8.58. The Labute approximate surface area is 208 Å². The van der Waals surface area contributed by atoms with E-state index in [0.717, 1.165) is 25.7 Å². The van der Waals surface area contributed by atoms with Gasteiger partial charge in [-0.1, -0.05) is 57.9 Å². The quantitative estimate of drug-likeness (QED) is 0.0835. The summed E-state index contributed by atoms with van der Waals surface area (Å²) in [6.45, 7) is 17.6. The summed E-state index contributed by atoms with van der Waals surface area (Å²) >= 11 is 0. The van der Waals surface area contributed by atoms with Crippen LogP contribution in [-0.2, 0) is 27.5 Å². The van der Waals surface area contributed by atoms with E-state index in [2.05, 4.69) is 27.7 Å². The molecule has 0 aromatic rings. The Hall–Kier alpha value is 0.194. The molecule has 0 spiro atoms. The second-order valence-corrected chi connectivity index (χ2v) is 16.1. The first-order valence-corrected chi connectivity index (χ1v) is 18.9. The lowest BCUT2D eigenvalue weighted by atomic mass is 10.1. The van der Waals surface area contributed by atoms with Crippen molar-refractivity contribution in [3.8, 4) is 0 Å². The van der Waals surface area contributed by atoms with Gasteiger partial charge in [-0.15, -0.1) is 0 Å². The third-order valence-electron chi connectivity index (χ3n) is 5.63. The normalized spacial score (nSPS) is 13.9. The van der Waals surface area contributed by atoms with Gasteiger partial charge in [0.1, 0.15) is 9.04 Å². The first kappa shape index (κ1) is 33.2. The molecule has 0 saturated carbocycles. The number of hydrogen-bond donors (Lipinski definition) is 0. The molecule has 0 saturated heterocycles. The van der Waals surface area contributed by atoms with Crippen LogP contribution in [0.4, 0.5) is 0 Å². The van der Waals surface area contributed by atoms with E-state index in [9.17, 15) is 0 Å². The maximum atomic E-state index is 6.56. The Balaban J connectivity index is 4.51. The third-order valence-corrected chi connectivity index (χ3v) is 13.9. The molecule has 0 fully saturated rings. The second kappa shape index (κ2) is 21.5. The topological polar surface area (TPSA) is 55.4 Å². The molecule has 200 valence electrons. The van der Waals surface area contributed by atoms with Crippen LogP contribution in [0.2, 0.25) is 6.04 Å². The zero-order chi connectivity index (χ0) is 24.8. The number of unbranched alkanes of at least 4 members (excludes halogenated alkanes) is 6. The van der Waals surface area contributed by atoms with Crippen LogP contribution in [0.1, 0.15) is 113 Å². The lowest BCUT2D eigenvalue weighted by Crippen LogP contribution is -2.54. The minimum Gasteiger partial charge on any atom is -0.377 e.